The fourth-order valence-electron chi connectivity index (χ4n) is 1.81. The molecule has 4 heteroatoms. The third kappa shape index (κ3) is 3.52. The van der Waals surface area contributed by atoms with Crippen molar-refractivity contribution in [2.75, 3.05) is 7.11 Å². The van der Waals surface area contributed by atoms with Crippen molar-refractivity contribution in [2.45, 2.75) is 19.4 Å². The second kappa shape index (κ2) is 6.77. The van der Waals surface area contributed by atoms with Gasteiger partial charge < -0.3 is 14.6 Å². The summed E-state index contributed by atoms with van der Waals surface area (Å²) in [6, 6.07) is 13.0. The fourth-order valence-corrected chi connectivity index (χ4v) is 2.25. The summed E-state index contributed by atoms with van der Waals surface area (Å²) in [5.41, 5.74) is 0.897. The number of aliphatic hydroxyl groups is 1. The van der Waals surface area contributed by atoms with Crippen LogP contribution in [0.2, 0.25) is 0 Å². The molecule has 0 saturated carbocycles. The Morgan fingerprint density at radius 2 is 1.75 bits per heavy atom. The van der Waals surface area contributed by atoms with E-state index in [0.717, 1.165) is 27.3 Å². The van der Waals surface area contributed by atoms with Crippen LogP contribution in [0.3, 0.4) is 0 Å². The summed E-state index contributed by atoms with van der Waals surface area (Å²) in [6.45, 7) is 1.95. The second-order valence-corrected chi connectivity index (χ2v) is 5.25. The van der Waals surface area contributed by atoms with Crippen molar-refractivity contribution < 1.29 is 14.6 Å². The maximum Gasteiger partial charge on any atom is 0.141 e. The number of halogens is 1. The smallest absolute Gasteiger partial charge is 0.141 e. The highest BCUT2D eigenvalue weighted by molar-refractivity contribution is 9.10. The van der Waals surface area contributed by atoms with E-state index in [0.29, 0.717) is 6.42 Å². The molecule has 106 valence electrons. The van der Waals surface area contributed by atoms with E-state index >= 15 is 0 Å². The molecule has 0 aliphatic carbocycles. The first kappa shape index (κ1) is 14.9. The van der Waals surface area contributed by atoms with Crippen LogP contribution in [0.25, 0.3) is 0 Å². The zero-order valence-corrected chi connectivity index (χ0v) is 13.1. The number of hydrogen-bond donors (Lipinski definition) is 1. The van der Waals surface area contributed by atoms with Crippen molar-refractivity contribution in [3.63, 3.8) is 0 Å². The van der Waals surface area contributed by atoms with Crippen molar-refractivity contribution in [3.05, 3.63) is 52.5 Å². The largest absolute Gasteiger partial charge is 0.497 e. The molecule has 1 N–H and O–H groups in total. The molecule has 0 spiro atoms. The highest BCUT2D eigenvalue weighted by Gasteiger charge is 2.07. The Labute approximate surface area is 127 Å². The lowest BCUT2D eigenvalue weighted by atomic mass is 10.1. The summed E-state index contributed by atoms with van der Waals surface area (Å²) in [4.78, 5) is 0. The highest BCUT2D eigenvalue weighted by Crippen LogP contribution is 2.33. The Morgan fingerprint density at radius 1 is 1.10 bits per heavy atom. The molecule has 0 bridgehead atoms. The van der Waals surface area contributed by atoms with Gasteiger partial charge in [0.1, 0.15) is 17.2 Å². The van der Waals surface area contributed by atoms with Gasteiger partial charge in [-0.1, -0.05) is 19.1 Å². The number of hydrogen-bond acceptors (Lipinski definition) is 3. The van der Waals surface area contributed by atoms with Crippen LogP contribution in [0.1, 0.15) is 25.0 Å². The van der Waals surface area contributed by atoms with Crippen molar-refractivity contribution in [1.29, 1.82) is 0 Å². The number of methoxy groups -OCH3 is 1. The summed E-state index contributed by atoms with van der Waals surface area (Å²) >= 11 is 3.45. The van der Waals surface area contributed by atoms with Crippen LogP contribution in [-0.4, -0.2) is 12.2 Å². The van der Waals surface area contributed by atoms with Gasteiger partial charge >= 0.3 is 0 Å². The lowest BCUT2D eigenvalue weighted by Gasteiger charge is -2.11. The van der Waals surface area contributed by atoms with Crippen molar-refractivity contribution in [3.8, 4) is 17.2 Å². The molecule has 0 saturated heterocycles. The van der Waals surface area contributed by atoms with E-state index in [1.165, 1.54) is 0 Å². The van der Waals surface area contributed by atoms with Gasteiger partial charge in [-0.3, -0.25) is 0 Å². The van der Waals surface area contributed by atoms with Gasteiger partial charge in [0.2, 0.25) is 0 Å². The average Bonchev–Trinajstić information content (AvgIpc) is 2.49. The third-order valence-corrected chi connectivity index (χ3v) is 3.64. The summed E-state index contributed by atoms with van der Waals surface area (Å²) in [7, 11) is 1.63. The first-order chi connectivity index (χ1) is 9.63. The SMILES string of the molecule is CC[C@@H](O)c1ccc(Oc2ccc(OC)cc2Br)cc1. The second-order valence-electron chi connectivity index (χ2n) is 4.39. The molecule has 2 aromatic carbocycles. The van der Waals surface area contributed by atoms with Gasteiger partial charge in [0.05, 0.1) is 17.7 Å². The standard InChI is InChI=1S/C16H17BrO3/c1-3-15(18)11-4-6-12(7-5-11)20-16-9-8-13(19-2)10-14(16)17/h4-10,15,18H,3H2,1-2H3/t15-/m1/s1. The zero-order chi connectivity index (χ0) is 14.5. The Bertz CT molecular complexity index is 566. The van der Waals surface area contributed by atoms with E-state index in [9.17, 15) is 5.11 Å². The lowest BCUT2D eigenvalue weighted by Crippen LogP contribution is -1.94. The van der Waals surface area contributed by atoms with Crippen LogP contribution in [0.5, 0.6) is 17.2 Å². The molecule has 2 aromatic rings. The lowest BCUT2D eigenvalue weighted by molar-refractivity contribution is 0.173. The van der Waals surface area contributed by atoms with E-state index in [-0.39, 0.29) is 0 Å². The third-order valence-electron chi connectivity index (χ3n) is 3.02. The fraction of sp³-hybridized carbons (Fsp3) is 0.250. The molecule has 0 aliphatic rings. The van der Waals surface area contributed by atoms with E-state index in [4.69, 9.17) is 9.47 Å². The van der Waals surface area contributed by atoms with Gasteiger partial charge in [-0.25, -0.2) is 0 Å². The van der Waals surface area contributed by atoms with E-state index in [2.05, 4.69) is 15.9 Å². The molecule has 0 heterocycles. The monoisotopic (exact) mass is 336 g/mol. The van der Waals surface area contributed by atoms with Gasteiger partial charge in [0, 0.05) is 0 Å². The molecule has 3 nitrogen and oxygen atoms in total. The summed E-state index contributed by atoms with van der Waals surface area (Å²) in [5.74, 6) is 2.21. The molecule has 0 aromatic heterocycles. The molecular weight excluding hydrogens is 320 g/mol. The molecule has 0 fully saturated rings. The molecule has 0 unspecified atom stereocenters. The quantitative estimate of drug-likeness (QED) is 0.860. The van der Waals surface area contributed by atoms with Crippen molar-refractivity contribution >= 4 is 15.9 Å². The van der Waals surface area contributed by atoms with Crippen molar-refractivity contribution in [2.24, 2.45) is 0 Å². The predicted molar refractivity (Wildman–Crippen MR) is 82.5 cm³/mol. The van der Waals surface area contributed by atoms with Crippen LogP contribution in [0.4, 0.5) is 0 Å². The molecule has 0 aliphatic heterocycles. The minimum atomic E-state index is -0.420. The predicted octanol–water partition coefficient (Wildman–Crippen LogP) is 4.69. The Morgan fingerprint density at radius 3 is 2.30 bits per heavy atom. The molecular formula is C16H17BrO3. The summed E-state index contributed by atoms with van der Waals surface area (Å²) in [5, 5.41) is 9.75. The van der Waals surface area contributed by atoms with Crippen LogP contribution in [0.15, 0.2) is 46.9 Å². The molecule has 0 amide bonds. The van der Waals surface area contributed by atoms with Gasteiger partial charge in [-0.05, 0) is 58.2 Å². The minimum Gasteiger partial charge on any atom is -0.497 e. The Kier molecular flexibility index (Phi) is 5.04. The van der Waals surface area contributed by atoms with Gasteiger partial charge in [-0.2, -0.15) is 0 Å². The van der Waals surface area contributed by atoms with Gasteiger partial charge in [0.25, 0.3) is 0 Å². The Balaban J connectivity index is 2.14. The van der Waals surface area contributed by atoms with Gasteiger partial charge in [0.15, 0.2) is 0 Å². The van der Waals surface area contributed by atoms with E-state index in [1.54, 1.807) is 7.11 Å². The minimum absolute atomic E-state index is 0.420. The number of rotatable bonds is 5. The van der Waals surface area contributed by atoms with Crippen LogP contribution >= 0.6 is 15.9 Å². The number of benzene rings is 2. The van der Waals surface area contributed by atoms with E-state index in [1.807, 2.05) is 49.4 Å². The number of aliphatic hydroxyl groups excluding tert-OH is 1. The first-order valence-corrected chi connectivity index (χ1v) is 7.22. The van der Waals surface area contributed by atoms with Crippen molar-refractivity contribution in [1.82, 2.24) is 0 Å². The molecule has 2 rings (SSSR count). The summed E-state index contributed by atoms with van der Waals surface area (Å²) in [6.07, 6.45) is 0.279. The van der Waals surface area contributed by atoms with Crippen LogP contribution in [-0.2, 0) is 0 Å². The maximum absolute atomic E-state index is 9.75. The number of ether oxygens (including phenoxy) is 2. The zero-order valence-electron chi connectivity index (χ0n) is 11.5. The first-order valence-electron chi connectivity index (χ1n) is 6.43. The highest BCUT2D eigenvalue weighted by atomic mass is 79.9. The summed E-state index contributed by atoms with van der Waals surface area (Å²) < 4.78 is 11.8. The van der Waals surface area contributed by atoms with E-state index < -0.39 is 6.10 Å². The van der Waals surface area contributed by atoms with Crippen LogP contribution in [0, 0.1) is 0 Å². The maximum atomic E-state index is 9.75. The normalized spacial score (nSPS) is 12.0. The molecule has 1 atom stereocenters. The topological polar surface area (TPSA) is 38.7 Å². The average molecular weight is 337 g/mol. The molecule has 20 heavy (non-hydrogen) atoms. The Hall–Kier alpha value is -1.52. The molecule has 0 radical (unpaired) electrons. The van der Waals surface area contributed by atoms with Crippen LogP contribution < -0.4 is 9.47 Å². The van der Waals surface area contributed by atoms with Gasteiger partial charge in [-0.15, -0.1) is 0 Å².